The summed E-state index contributed by atoms with van der Waals surface area (Å²) >= 11 is 0. The van der Waals surface area contributed by atoms with Crippen LogP contribution in [0.4, 0.5) is 11.5 Å². The van der Waals surface area contributed by atoms with Crippen molar-refractivity contribution in [2.75, 3.05) is 10.6 Å². The molecular weight excluding hydrogens is 480 g/mol. The van der Waals surface area contributed by atoms with E-state index in [9.17, 15) is 14.4 Å². The number of hydrogen-bond donors (Lipinski definition) is 3. The van der Waals surface area contributed by atoms with E-state index in [4.69, 9.17) is 4.98 Å². The third-order valence-electron chi connectivity index (χ3n) is 8.50. The number of imidazole rings is 1. The number of Topliss-reactive ketones (excluding diaryl/α,β-unsaturated/α-hetero) is 1. The average Bonchev–Trinajstić information content (AvgIpc) is 3.22. The van der Waals surface area contributed by atoms with Gasteiger partial charge in [0, 0.05) is 34.8 Å². The van der Waals surface area contributed by atoms with Gasteiger partial charge in [-0.1, -0.05) is 13.0 Å². The van der Waals surface area contributed by atoms with Crippen LogP contribution in [0, 0.1) is 22.7 Å². The van der Waals surface area contributed by atoms with Gasteiger partial charge in [0.1, 0.15) is 23.1 Å². The Labute approximate surface area is 218 Å². The van der Waals surface area contributed by atoms with Crippen molar-refractivity contribution < 1.29 is 14.4 Å². The van der Waals surface area contributed by atoms with Gasteiger partial charge in [0.25, 0.3) is 5.91 Å². The van der Waals surface area contributed by atoms with E-state index in [1.54, 1.807) is 48.8 Å². The minimum Gasteiger partial charge on any atom is -0.337 e. The van der Waals surface area contributed by atoms with Gasteiger partial charge in [0.15, 0.2) is 0 Å². The number of fused-ring (bicyclic) bond motifs is 2. The summed E-state index contributed by atoms with van der Waals surface area (Å²) in [6.07, 6.45) is 6.32. The van der Waals surface area contributed by atoms with Gasteiger partial charge in [-0.15, -0.1) is 0 Å². The van der Waals surface area contributed by atoms with Crippen LogP contribution in [-0.2, 0) is 9.59 Å². The Hall–Kier alpha value is -4.40. The SMILES string of the molecule is CC1CC2(C(=O)Nc3cc4nc(-c5ccc(NC(=O)c6ccccn6)cc5)[nH]c4cn3)CC3C(=O)C3(C1)C2. The Balaban J connectivity index is 1.07. The number of H-pyrrole nitrogens is 1. The van der Waals surface area contributed by atoms with Crippen LogP contribution in [0.2, 0.25) is 0 Å². The Morgan fingerprint density at radius 2 is 1.87 bits per heavy atom. The second-order valence-electron chi connectivity index (χ2n) is 11.1. The molecule has 4 unspecified atom stereocenters. The van der Waals surface area contributed by atoms with Crippen LogP contribution < -0.4 is 10.6 Å². The zero-order chi connectivity index (χ0) is 26.1. The summed E-state index contributed by atoms with van der Waals surface area (Å²) in [4.78, 5) is 54.5. The molecule has 38 heavy (non-hydrogen) atoms. The molecule has 4 atom stereocenters. The van der Waals surface area contributed by atoms with Crippen molar-refractivity contribution in [3.05, 3.63) is 66.6 Å². The van der Waals surface area contributed by atoms with Crippen LogP contribution in [0.15, 0.2) is 60.9 Å². The summed E-state index contributed by atoms with van der Waals surface area (Å²) in [5.41, 5.74) is 2.57. The number of nitrogens with zero attached hydrogens (tertiary/aromatic N) is 3. The first-order chi connectivity index (χ1) is 18.3. The topological polar surface area (TPSA) is 130 Å². The van der Waals surface area contributed by atoms with E-state index < -0.39 is 5.41 Å². The highest BCUT2D eigenvalue weighted by Gasteiger charge is 2.76. The molecule has 3 heterocycles. The lowest BCUT2D eigenvalue weighted by Gasteiger charge is -2.37. The number of carbonyl (C=O) groups excluding carboxylic acids is 3. The summed E-state index contributed by atoms with van der Waals surface area (Å²) in [6.45, 7) is 2.15. The highest BCUT2D eigenvalue weighted by Crippen LogP contribution is 2.73. The predicted octanol–water partition coefficient (Wildman–Crippen LogP) is 4.61. The number of anilines is 2. The number of aromatic nitrogens is 4. The van der Waals surface area contributed by atoms with E-state index in [-0.39, 0.29) is 23.1 Å². The fourth-order valence-corrected chi connectivity index (χ4v) is 6.89. The number of aromatic amines is 1. The van der Waals surface area contributed by atoms with Crippen molar-refractivity contribution in [2.45, 2.75) is 32.6 Å². The monoisotopic (exact) mass is 506 g/mol. The van der Waals surface area contributed by atoms with Crippen LogP contribution in [0.5, 0.6) is 0 Å². The van der Waals surface area contributed by atoms with Crippen molar-refractivity contribution >= 4 is 40.1 Å². The molecule has 3 aliphatic carbocycles. The molecule has 4 aromatic rings. The predicted molar refractivity (Wildman–Crippen MR) is 141 cm³/mol. The highest BCUT2D eigenvalue weighted by molar-refractivity contribution is 6.08. The number of pyridine rings is 2. The molecule has 190 valence electrons. The maximum Gasteiger partial charge on any atom is 0.274 e. The van der Waals surface area contributed by atoms with Gasteiger partial charge in [-0.25, -0.2) is 9.97 Å². The minimum absolute atomic E-state index is 0.0330. The van der Waals surface area contributed by atoms with Crippen LogP contribution in [-0.4, -0.2) is 37.5 Å². The van der Waals surface area contributed by atoms with Crippen molar-refractivity contribution in [2.24, 2.45) is 22.7 Å². The molecule has 2 amide bonds. The van der Waals surface area contributed by atoms with Crippen molar-refractivity contribution in [3.63, 3.8) is 0 Å². The highest BCUT2D eigenvalue weighted by atomic mass is 16.2. The maximum absolute atomic E-state index is 13.4. The molecule has 3 aromatic heterocycles. The first kappa shape index (κ1) is 22.8. The van der Waals surface area contributed by atoms with E-state index in [2.05, 4.69) is 32.5 Å². The summed E-state index contributed by atoms with van der Waals surface area (Å²) < 4.78 is 0. The van der Waals surface area contributed by atoms with E-state index >= 15 is 0 Å². The largest absolute Gasteiger partial charge is 0.337 e. The van der Waals surface area contributed by atoms with Crippen molar-refractivity contribution in [3.8, 4) is 11.4 Å². The summed E-state index contributed by atoms with van der Waals surface area (Å²) in [5.74, 6) is 1.60. The second kappa shape index (κ2) is 8.05. The molecule has 0 aliphatic heterocycles. The molecule has 1 aromatic carbocycles. The fourth-order valence-electron chi connectivity index (χ4n) is 6.89. The van der Waals surface area contributed by atoms with Gasteiger partial charge in [-0.05, 0) is 68.0 Å². The van der Waals surface area contributed by atoms with Crippen LogP contribution in [0.25, 0.3) is 22.4 Å². The molecule has 9 heteroatoms. The quantitative estimate of drug-likeness (QED) is 0.363. The third kappa shape index (κ3) is 3.53. The number of nitrogens with one attached hydrogen (secondary N) is 3. The number of hydrogen-bond acceptors (Lipinski definition) is 6. The number of rotatable bonds is 5. The number of benzene rings is 1. The van der Waals surface area contributed by atoms with Crippen LogP contribution in [0.1, 0.15) is 43.1 Å². The third-order valence-corrected chi connectivity index (χ3v) is 8.50. The Morgan fingerprint density at radius 1 is 1.03 bits per heavy atom. The number of ketones is 1. The first-order valence-electron chi connectivity index (χ1n) is 12.9. The maximum atomic E-state index is 13.4. The normalized spacial score (nSPS) is 27.1. The fraction of sp³-hybridized carbons (Fsp3) is 0.310. The number of amides is 2. The Kier molecular flexibility index (Phi) is 4.82. The zero-order valence-corrected chi connectivity index (χ0v) is 20.8. The van der Waals surface area contributed by atoms with E-state index in [0.29, 0.717) is 53.1 Å². The minimum atomic E-state index is -0.475. The average molecular weight is 507 g/mol. The molecule has 2 bridgehead atoms. The van der Waals surface area contributed by atoms with Crippen LogP contribution >= 0.6 is 0 Å². The van der Waals surface area contributed by atoms with Gasteiger partial charge < -0.3 is 15.6 Å². The van der Waals surface area contributed by atoms with Crippen LogP contribution in [0.3, 0.4) is 0 Å². The van der Waals surface area contributed by atoms with Gasteiger partial charge in [-0.3, -0.25) is 19.4 Å². The zero-order valence-electron chi connectivity index (χ0n) is 20.8. The second-order valence-corrected chi connectivity index (χ2v) is 11.1. The molecule has 0 saturated heterocycles. The molecule has 1 spiro atoms. The summed E-state index contributed by atoms with van der Waals surface area (Å²) in [5, 5.41) is 5.86. The van der Waals surface area contributed by atoms with Gasteiger partial charge in [0.05, 0.1) is 22.6 Å². The molecule has 7 rings (SSSR count). The molecular formula is C29H26N6O3. The summed E-state index contributed by atoms with van der Waals surface area (Å²) in [7, 11) is 0. The first-order valence-corrected chi connectivity index (χ1v) is 12.9. The van der Waals surface area contributed by atoms with E-state index in [1.165, 1.54) is 0 Å². The molecule has 0 radical (unpaired) electrons. The van der Waals surface area contributed by atoms with E-state index in [1.807, 2.05) is 12.1 Å². The van der Waals surface area contributed by atoms with Crippen molar-refractivity contribution in [1.82, 2.24) is 19.9 Å². The molecule has 9 nitrogen and oxygen atoms in total. The van der Waals surface area contributed by atoms with Gasteiger partial charge in [-0.2, -0.15) is 0 Å². The van der Waals surface area contributed by atoms with Gasteiger partial charge >= 0.3 is 0 Å². The lowest BCUT2D eigenvalue weighted by atomic mass is 9.66. The Bertz CT molecular complexity index is 1610. The smallest absolute Gasteiger partial charge is 0.274 e. The van der Waals surface area contributed by atoms with Crippen molar-refractivity contribution in [1.29, 1.82) is 0 Å². The standard InChI is InChI=1S/C29H26N6O3/c1-16-11-28(13-19-24(36)29(19,12-16)15-28)27(38)35-23-10-21-22(14-31-23)34-25(33-21)17-5-7-18(8-6-17)32-26(37)20-4-2-3-9-30-20/h2-10,14,16,19H,11-13,15H2,1H3,(H,32,37)(H,33,34)(H,31,35,38). The summed E-state index contributed by atoms with van der Waals surface area (Å²) in [6, 6.07) is 14.3. The molecule has 3 N–H and O–H groups in total. The lowest BCUT2D eigenvalue weighted by Crippen LogP contribution is -2.41. The molecule has 3 aliphatic rings. The lowest BCUT2D eigenvalue weighted by molar-refractivity contribution is -0.130. The Morgan fingerprint density at radius 3 is 2.66 bits per heavy atom. The van der Waals surface area contributed by atoms with E-state index in [0.717, 1.165) is 23.9 Å². The molecule has 3 saturated carbocycles. The molecule has 3 fully saturated rings. The van der Waals surface area contributed by atoms with Gasteiger partial charge in [0.2, 0.25) is 5.91 Å². The number of carbonyl (C=O) groups is 3.